The molecular formula is C13H27N3O2. The summed E-state index contributed by atoms with van der Waals surface area (Å²) in [5, 5.41) is 12.2. The Morgan fingerprint density at radius 1 is 1.28 bits per heavy atom. The predicted molar refractivity (Wildman–Crippen MR) is 72.6 cm³/mol. The van der Waals surface area contributed by atoms with Crippen molar-refractivity contribution in [1.82, 2.24) is 15.1 Å². The minimum absolute atomic E-state index is 0.122. The van der Waals surface area contributed by atoms with Crippen LogP contribution in [0, 0.1) is 0 Å². The number of rotatable bonds is 6. The number of hydrogen-bond donors (Lipinski definition) is 2. The Kier molecular flexibility index (Phi) is 7.05. The number of hydrogen-bond acceptors (Lipinski definition) is 3. The molecule has 5 nitrogen and oxygen atoms in total. The first-order valence-corrected chi connectivity index (χ1v) is 6.95. The van der Waals surface area contributed by atoms with E-state index < -0.39 is 0 Å². The second-order valence-corrected chi connectivity index (χ2v) is 5.18. The Hall–Kier alpha value is -0.810. The number of carbonyl (C=O) groups is 1. The van der Waals surface area contributed by atoms with Gasteiger partial charge >= 0.3 is 6.03 Å². The van der Waals surface area contributed by atoms with Gasteiger partial charge in [-0.2, -0.15) is 0 Å². The molecule has 0 aromatic carbocycles. The monoisotopic (exact) mass is 257 g/mol. The van der Waals surface area contributed by atoms with Gasteiger partial charge in [0.05, 0.1) is 0 Å². The van der Waals surface area contributed by atoms with Gasteiger partial charge in [-0.3, -0.25) is 0 Å². The normalized spacial score (nSPS) is 16.9. The highest BCUT2D eigenvalue weighted by Gasteiger charge is 2.22. The standard InChI is InChI=1S/C13H27N3O2/c1-15(2)13(18)16-9-6-12(7-10-16)14-8-4-3-5-11-17/h12,14,17H,3-11H2,1-2H3. The van der Waals surface area contributed by atoms with Crippen molar-refractivity contribution >= 4 is 6.03 Å². The molecule has 0 bridgehead atoms. The lowest BCUT2D eigenvalue weighted by Gasteiger charge is -2.34. The molecule has 0 radical (unpaired) electrons. The molecule has 0 spiro atoms. The molecule has 0 aromatic rings. The van der Waals surface area contributed by atoms with Gasteiger partial charge in [-0.1, -0.05) is 0 Å². The van der Waals surface area contributed by atoms with Gasteiger partial charge in [-0.25, -0.2) is 4.79 Å². The van der Waals surface area contributed by atoms with Gasteiger partial charge in [0.2, 0.25) is 0 Å². The third-order valence-electron chi connectivity index (χ3n) is 3.42. The van der Waals surface area contributed by atoms with E-state index in [1.54, 1.807) is 19.0 Å². The smallest absolute Gasteiger partial charge is 0.319 e. The van der Waals surface area contributed by atoms with E-state index in [-0.39, 0.29) is 6.03 Å². The van der Waals surface area contributed by atoms with E-state index in [2.05, 4.69) is 5.32 Å². The number of nitrogens with zero attached hydrogens (tertiary/aromatic N) is 2. The number of nitrogens with one attached hydrogen (secondary N) is 1. The van der Waals surface area contributed by atoms with Crippen LogP contribution in [0.3, 0.4) is 0 Å². The summed E-state index contributed by atoms with van der Waals surface area (Å²) in [6, 6.07) is 0.668. The van der Waals surface area contributed by atoms with Gasteiger partial charge in [0.1, 0.15) is 0 Å². The van der Waals surface area contributed by atoms with E-state index in [1.165, 1.54) is 0 Å². The lowest BCUT2D eigenvalue weighted by molar-refractivity contribution is 0.152. The third kappa shape index (κ3) is 5.23. The van der Waals surface area contributed by atoms with Crippen LogP contribution in [0.1, 0.15) is 32.1 Å². The lowest BCUT2D eigenvalue weighted by atomic mass is 10.1. The molecule has 1 aliphatic rings. The van der Waals surface area contributed by atoms with E-state index in [4.69, 9.17) is 5.11 Å². The van der Waals surface area contributed by atoms with Crippen molar-refractivity contribution in [2.24, 2.45) is 0 Å². The number of aliphatic hydroxyl groups excluding tert-OH is 1. The molecule has 0 aliphatic carbocycles. The molecule has 1 heterocycles. The van der Waals surface area contributed by atoms with E-state index >= 15 is 0 Å². The van der Waals surface area contributed by atoms with Crippen LogP contribution in [0.5, 0.6) is 0 Å². The second-order valence-electron chi connectivity index (χ2n) is 5.18. The van der Waals surface area contributed by atoms with Crippen molar-refractivity contribution in [3.8, 4) is 0 Å². The van der Waals surface area contributed by atoms with Gasteiger partial charge in [-0.15, -0.1) is 0 Å². The number of carbonyl (C=O) groups excluding carboxylic acids is 1. The lowest BCUT2D eigenvalue weighted by Crippen LogP contribution is -2.48. The molecule has 1 saturated heterocycles. The molecule has 106 valence electrons. The molecule has 0 aromatic heterocycles. The zero-order valence-corrected chi connectivity index (χ0v) is 11.7. The Labute approximate surface area is 110 Å². The second kappa shape index (κ2) is 8.32. The Balaban J connectivity index is 2.10. The van der Waals surface area contributed by atoms with Crippen LogP contribution in [0.2, 0.25) is 0 Å². The van der Waals surface area contributed by atoms with Gasteiger partial charge in [0, 0.05) is 39.8 Å². The minimum Gasteiger partial charge on any atom is -0.396 e. The molecule has 5 heteroatoms. The maximum atomic E-state index is 11.7. The van der Waals surface area contributed by atoms with Crippen molar-refractivity contribution in [3.63, 3.8) is 0 Å². The summed E-state index contributed by atoms with van der Waals surface area (Å²) in [5.74, 6) is 0. The van der Waals surface area contributed by atoms with Crippen LogP contribution < -0.4 is 5.32 Å². The van der Waals surface area contributed by atoms with Crippen LogP contribution >= 0.6 is 0 Å². The van der Waals surface area contributed by atoms with Crippen LogP contribution in [-0.4, -0.2) is 67.3 Å². The Morgan fingerprint density at radius 2 is 1.94 bits per heavy atom. The first-order chi connectivity index (χ1) is 8.65. The maximum Gasteiger partial charge on any atom is 0.319 e. The highest BCUT2D eigenvalue weighted by Crippen LogP contribution is 2.11. The fraction of sp³-hybridized carbons (Fsp3) is 0.923. The SMILES string of the molecule is CN(C)C(=O)N1CCC(NCCCCCO)CC1. The number of amides is 2. The van der Waals surface area contributed by atoms with Crippen LogP contribution in [0.4, 0.5) is 4.79 Å². The van der Waals surface area contributed by atoms with Gasteiger partial charge in [-0.05, 0) is 38.6 Å². The fourth-order valence-electron chi connectivity index (χ4n) is 2.28. The molecule has 0 saturated carbocycles. The molecule has 1 fully saturated rings. The Morgan fingerprint density at radius 3 is 2.50 bits per heavy atom. The molecule has 18 heavy (non-hydrogen) atoms. The molecular weight excluding hydrogens is 230 g/mol. The van der Waals surface area contributed by atoms with E-state index in [1.807, 2.05) is 4.90 Å². The molecule has 2 N–H and O–H groups in total. The number of piperidine rings is 1. The summed E-state index contributed by atoms with van der Waals surface area (Å²) in [7, 11) is 3.60. The quantitative estimate of drug-likeness (QED) is 0.695. The zero-order valence-electron chi connectivity index (χ0n) is 11.7. The van der Waals surface area contributed by atoms with Gasteiger partial charge in [0.25, 0.3) is 0 Å². The summed E-state index contributed by atoms with van der Waals surface area (Å²) in [5.41, 5.74) is 0. The summed E-state index contributed by atoms with van der Waals surface area (Å²) < 4.78 is 0. The van der Waals surface area contributed by atoms with Crippen molar-refractivity contribution in [2.45, 2.75) is 38.1 Å². The summed E-state index contributed by atoms with van der Waals surface area (Å²) in [6.07, 6.45) is 5.19. The van der Waals surface area contributed by atoms with Gasteiger partial charge < -0.3 is 20.2 Å². The summed E-state index contributed by atoms with van der Waals surface area (Å²) >= 11 is 0. The molecule has 1 aliphatic heterocycles. The first kappa shape index (κ1) is 15.2. The topological polar surface area (TPSA) is 55.8 Å². The zero-order chi connectivity index (χ0) is 13.4. The molecule has 1 rings (SSSR count). The first-order valence-electron chi connectivity index (χ1n) is 6.95. The number of unbranched alkanes of at least 4 members (excludes halogenated alkanes) is 2. The highest BCUT2D eigenvalue weighted by molar-refractivity contribution is 5.73. The number of likely N-dealkylation sites (tertiary alicyclic amines) is 1. The van der Waals surface area contributed by atoms with E-state index in [0.29, 0.717) is 12.6 Å². The predicted octanol–water partition coefficient (Wildman–Crippen LogP) is 0.885. The van der Waals surface area contributed by atoms with Crippen molar-refractivity contribution in [1.29, 1.82) is 0 Å². The average molecular weight is 257 g/mol. The Bertz CT molecular complexity index is 238. The van der Waals surface area contributed by atoms with Crippen molar-refractivity contribution in [2.75, 3.05) is 40.3 Å². The maximum absolute atomic E-state index is 11.7. The molecule has 0 unspecified atom stereocenters. The van der Waals surface area contributed by atoms with Crippen LogP contribution in [0.25, 0.3) is 0 Å². The molecule has 0 atom stereocenters. The number of urea groups is 1. The number of aliphatic hydroxyl groups is 1. The summed E-state index contributed by atoms with van der Waals surface area (Å²) in [6.45, 7) is 3.02. The third-order valence-corrected chi connectivity index (χ3v) is 3.42. The van der Waals surface area contributed by atoms with Crippen molar-refractivity contribution < 1.29 is 9.90 Å². The van der Waals surface area contributed by atoms with Crippen molar-refractivity contribution in [3.05, 3.63) is 0 Å². The highest BCUT2D eigenvalue weighted by atomic mass is 16.2. The van der Waals surface area contributed by atoms with Crippen LogP contribution in [0.15, 0.2) is 0 Å². The summed E-state index contributed by atoms with van der Waals surface area (Å²) in [4.78, 5) is 15.3. The van der Waals surface area contributed by atoms with Gasteiger partial charge in [0.15, 0.2) is 0 Å². The minimum atomic E-state index is 0.122. The molecule has 2 amide bonds. The fourth-order valence-corrected chi connectivity index (χ4v) is 2.28. The van der Waals surface area contributed by atoms with E-state index in [9.17, 15) is 4.79 Å². The largest absolute Gasteiger partial charge is 0.396 e. The average Bonchev–Trinajstić information content (AvgIpc) is 2.38. The van der Waals surface area contributed by atoms with E-state index in [0.717, 1.165) is 51.7 Å². The van der Waals surface area contributed by atoms with Crippen LogP contribution in [-0.2, 0) is 0 Å².